The minimum absolute atomic E-state index is 0.0828. The van der Waals surface area contributed by atoms with Crippen LogP contribution in [0.5, 0.6) is 11.5 Å². The van der Waals surface area contributed by atoms with E-state index in [4.69, 9.17) is 9.47 Å². The number of carbonyl (C=O) groups is 1. The lowest BCUT2D eigenvalue weighted by molar-refractivity contribution is -0.116. The number of hydrogen-bond donors (Lipinski definition) is 1. The second-order valence-corrected chi connectivity index (χ2v) is 8.08. The minimum atomic E-state index is -0.354. The van der Waals surface area contributed by atoms with Crippen LogP contribution in [0.2, 0.25) is 0 Å². The summed E-state index contributed by atoms with van der Waals surface area (Å²) in [5.41, 5.74) is 1.75. The molecular weight excluding hydrogens is 402 g/mol. The van der Waals surface area contributed by atoms with Gasteiger partial charge in [-0.2, -0.15) is 0 Å². The van der Waals surface area contributed by atoms with Gasteiger partial charge in [0.2, 0.25) is 11.1 Å². The molecule has 1 atom stereocenters. The number of anilines is 1. The maximum Gasteiger partial charge on any atom is 0.238 e. The van der Waals surface area contributed by atoms with Gasteiger partial charge in [0, 0.05) is 5.69 Å². The van der Waals surface area contributed by atoms with E-state index in [1.165, 1.54) is 11.8 Å². The van der Waals surface area contributed by atoms with Gasteiger partial charge in [0.15, 0.2) is 0 Å². The molecule has 0 aliphatic heterocycles. The molecule has 0 saturated carbocycles. The molecule has 9 heteroatoms. The van der Waals surface area contributed by atoms with E-state index >= 15 is 0 Å². The molecule has 30 heavy (non-hydrogen) atoms. The van der Waals surface area contributed by atoms with Crippen molar-refractivity contribution in [3.63, 3.8) is 0 Å². The zero-order chi connectivity index (χ0) is 21.5. The third-order valence-corrected chi connectivity index (χ3v) is 5.96. The fraction of sp³-hybridized carbons (Fsp3) is 0.333. The van der Waals surface area contributed by atoms with Gasteiger partial charge in [-0.3, -0.25) is 4.79 Å². The van der Waals surface area contributed by atoms with Crippen LogP contribution < -0.4 is 14.8 Å². The van der Waals surface area contributed by atoms with Crippen molar-refractivity contribution in [1.82, 2.24) is 20.2 Å². The third-order valence-electron chi connectivity index (χ3n) is 4.44. The predicted octanol–water partition coefficient (Wildman–Crippen LogP) is 3.49. The number of rotatable bonds is 9. The van der Waals surface area contributed by atoms with Gasteiger partial charge < -0.3 is 14.8 Å². The summed E-state index contributed by atoms with van der Waals surface area (Å²) < 4.78 is 12.0. The number of amides is 1. The van der Waals surface area contributed by atoms with E-state index in [0.717, 1.165) is 17.1 Å². The van der Waals surface area contributed by atoms with Crippen molar-refractivity contribution in [2.75, 3.05) is 19.5 Å². The minimum Gasteiger partial charge on any atom is -0.497 e. The summed E-state index contributed by atoms with van der Waals surface area (Å²) in [7, 11) is 3.24. The average Bonchev–Trinajstić information content (AvgIpc) is 3.19. The van der Waals surface area contributed by atoms with Gasteiger partial charge in [-0.1, -0.05) is 37.7 Å². The van der Waals surface area contributed by atoms with Crippen molar-refractivity contribution in [2.24, 2.45) is 5.92 Å². The van der Waals surface area contributed by atoms with Gasteiger partial charge in [-0.05, 0) is 58.3 Å². The number of thioether (sulfide) groups is 1. The van der Waals surface area contributed by atoms with E-state index in [2.05, 4.69) is 20.8 Å². The number of hydrogen-bond acceptors (Lipinski definition) is 7. The zero-order valence-electron chi connectivity index (χ0n) is 17.4. The number of ether oxygens (including phenoxy) is 2. The standard InChI is InChI=1S/C21H25N5O3S/c1-14(2)19(20(27)22-16-7-11-18(29-4)12-8-16)30-21-23-24-25-26(21)13-15-5-9-17(28-3)10-6-15/h5-12,14,19H,13H2,1-4H3,(H,22,27)/t19-/m0/s1. The molecule has 0 saturated heterocycles. The third kappa shape index (κ3) is 5.50. The first-order valence-electron chi connectivity index (χ1n) is 9.51. The van der Waals surface area contributed by atoms with Gasteiger partial charge in [-0.25, -0.2) is 4.68 Å². The van der Waals surface area contributed by atoms with Crippen molar-refractivity contribution in [2.45, 2.75) is 30.8 Å². The summed E-state index contributed by atoms with van der Waals surface area (Å²) in [5, 5.41) is 15.2. The van der Waals surface area contributed by atoms with Crippen LogP contribution in [0.3, 0.4) is 0 Å². The Morgan fingerprint density at radius 2 is 1.63 bits per heavy atom. The molecule has 158 valence electrons. The van der Waals surface area contributed by atoms with E-state index in [1.54, 1.807) is 18.9 Å². The molecule has 0 bridgehead atoms. The molecule has 1 aromatic heterocycles. The molecular formula is C21H25N5O3S. The number of nitrogens with one attached hydrogen (secondary N) is 1. The molecule has 8 nitrogen and oxygen atoms in total. The topological polar surface area (TPSA) is 91.2 Å². The van der Waals surface area contributed by atoms with E-state index in [-0.39, 0.29) is 17.1 Å². The highest BCUT2D eigenvalue weighted by molar-refractivity contribution is 8.00. The van der Waals surface area contributed by atoms with Gasteiger partial charge in [0.05, 0.1) is 26.0 Å². The zero-order valence-corrected chi connectivity index (χ0v) is 18.2. The number of methoxy groups -OCH3 is 2. The molecule has 1 heterocycles. The molecule has 0 fully saturated rings. The molecule has 3 rings (SSSR count). The molecule has 0 radical (unpaired) electrons. The molecule has 1 amide bonds. The number of tetrazole rings is 1. The molecule has 2 aromatic carbocycles. The fourth-order valence-corrected chi connectivity index (χ4v) is 3.75. The molecule has 0 spiro atoms. The summed E-state index contributed by atoms with van der Waals surface area (Å²) in [6.45, 7) is 4.51. The Morgan fingerprint density at radius 1 is 1.03 bits per heavy atom. The van der Waals surface area contributed by atoms with E-state index < -0.39 is 0 Å². The lowest BCUT2D eigenvalue weighted by Crippen LogP contribution is -2.30. The monoisotopic (exact) mass is 427 g/mol. The normalized spacial score (nSPS) is 11.9. The summed E-state index contributed by atoms with van der Waals surface area (Å²) in [6, 6.07) is 15.0. The average molecular weight is 428 g/mol. The Morgan fingerprint density at radius 3 is 2.20 bits per heavy atom. The summed E-state index contributed by atoms with van der Waals surface area (Å²) in [6.07, 6.45) is 0. The molecule has 1 N–H and O–H groups in total. The first kappa shape index (κ1) is 21.6. The van der Waals surface area contributed by atoms with Crippen LogP contribution in [-0.2, 0) is 11.3 Å². The molecule has 0 aliphatic carbocycles. The molecule has 0 unspecified atom stereocenters. The van der Waals surface area contributed by atoms with E-state index in [0.29, 0.717) is 17.4 Å². The fourth-order valence-electron chi connectivity index (χ4n) is 2.78. The van der Waals surface area contributed by atoms with Crippen LogP contribution in [0.25, 0.3) is 0 Å². The summed E-state index contributed by atoms with van der Waals surface area (Å²) in [5.74, 6) is 1.51. The Hall–Kier alpha value is -3.07. The second kappa shape index (κ2) is 10.1. The summed E-state index contributed by atoms with van der Waals surface area (Å²) in [4.78, 5) is 12.9. The lowest BCUT2D eigenvalue weighted by Gasteiger charge is -2.19. The number of nitrogens with zero attached hydrogens (tertiary/aromatic N) is 4. The van der Waals surface area contributed by atoms with Gasteiger partial charge in [0.25, 0.3) is 0 Å². The van der Waals surface area contributed by atoms with Gasteiger partial charge >= 0.3 is 0 Å². The number of carbonyl (C=O) groups excluding carboxylic acids is 1. The quantitative estimate of drug-likeness (QED) is 0.523. The maximum atomic E-state index is 12.9. The van der Waals surface area contributed by atoms with Crippen LogP contribution in [0.15, 0.2) is 53.7 Å². The van der Waals surface area contributed by atoms with Crippen molar-refractivity contribution < 1.29 is 14.3 Å². The van der Waals surface area contributed by atoms with Gasteiger partial charge in [0.1, 0.15) is 11.5 Å². The van der Waals surface area contributed by atoms with Crippen molar-refractivity contribution in [1.29, 1.82) is 0 Å². The Labute approximate surface area is 180 Å². The van der Waals surface area contributed by atoms with Crippen molar-refractivity contribution in [3.05, 3.63) is 54.1 Å². The van der Waals surface area contributed by atoms with Crippen LogP contribution in [0, 0.1) is 5.92 Å². The Bertz CT molecular complexity index is 958. The second-order valence-electron chi connectivity index (χ2n) is 6.97. The largest absolute Gasteiger partial charge is 0.497 e. The van der Waals surface area contributed by atoms with Gasteiger partial charge in [-0.15, -0.1) is 5.10 Å². The Balaban J connectivity index is 1.70. The smallest absolute Gasteiger partial charge is 0.238 e. The lowest BCUT2D eigenvalue weighted by atomic mass is 10.1. The number of benzene rings is 2. The van der Waals surface area contributed by atoms with E-state index in [9.17, 15) is 4.79 Å². The number of aromatic nitrogens is 4. The van der Waals surface area contributed by atoms with Crippen molar-refractivity contribution in [3.8, 4) is 11.5 Å². The van der Waals surface area contributed by atoms with Crippen molar-refractivity contribution >= 4 is 23.4 Å². The maximum absolute atomic E-state index is 12.9. The molecule has 0 aliphatic rings. The first-order chi connectivity index (χ1) is 14.5. The van der Waals surface area contributed by atoms with E-state index in [1.807, 2.05) is 62.4 Å². The van der Waals surface area contributed by atoms with Crippen LogP contribution >= 0.6 is 11.8 Å². The van der Waals surface area contributed by atoms with Crippen LogP contribution in [-0.4, -0.2) is 45.6 Å². The Kier molecular flexibility index (Phi) is 7.29. The summed E-state index contributed by atoms with van der Waals surface area (Å²) >= 11 is 1.36. The molecule has 3 aromatic rings. The first-order valence-corrected chi connectivity index (χ1v) is 10.4. The van der Waals surface area contributed by atoms with Crippen LogP contribution in [0.4, 0.5) is 5.69 Å². The highest BCUT2D eigenvalue weighted by Gasteiger charge is 2.26. The predicted molar refractivity (Wildman–Crippen MR) is 116 cm³/mol. The highest BCUT2D eigenvalue weighted by Crippen LogP contribution is 2.28. The SMILES string of the molecule is COc1ccc(Cn2nnnc2S[C@H](C(=O)Nc2ccc(OC)cc2)C(C)C)cc1. The van der Waals surface area contributed by atoms with Crippen LogP contribution in [0.1, 0.15) is 19.4 Å². The highest BCUT2D eigenvalue weighted by atomic mass is 32.2.